The third kappa shape index (κ3) is 2.34. The fourth-order valence-electron chi connectivity index (χ4n) is 2.13. The maximum atomic E-state index is 11.5. The van der Waals surface area contributed by atoms with Crippen LogP contribution in [0.15, 0.2) is 6.07 Å². The predicted octanol–water partition coefficient (Wildman–Crippen LogP) is 1.37. The highest BCUT2D eigenvalue weighted by Crippen LogP contribution is 2.32. The number of thiophene rings is 1. The summed E-state index contributed by atoms with van der Waals surface area (Å²) in [6.07, 6.45) is 0.886. The van der Waals surface area contributed by atoms with E-state index in [-0.39, 0.29) is 30.2 Å². The zero-order chi connectivity index (χ0) is 14.3. The Bertz CT molecular complexity index is 699. The van der Waals surface area contributed by atoms with Gasteiger partial charge in [-0.15, -0.1) is 11.3 Å². The molecule has 0 aromatic carbocycles. The van der Waals surface area contributed by atoms with Gasteiger partial charge in [0.05, 0.1) is 18.5 Å². The smallest absolute Gasteiger partial charge is 0.246 e. The van der Waals surface area contributed by atoms with E-state index in [9.17, 15) is 9.59 Å². The predicted molar refractivity (Wildman–Crippen MR) is 77.2 cm³/mol. The number of carbonyl (C=O) groups excluding carboxylic acids is 2. The molecular weight excluding hydrogens is 300 g/mol. The van der Waals surface area contributed by atoms with Crippen molar-refractivity contribution < 1.29 is 9.59 Å². The van der Waals surface area contributed by atoms with Crippen LogP contribution in [0.4, 0.5) is 5.82 Å². The molecule has 6 nitrogen and oxygen atoms in total. The van der Waals surface area contributed by atoms with E-state index in [1.54, 1.807) is 16.2 Å². The first-order chi connectivity index (χ1) is 9.56. The van der Waals surface area contributed by atoms with Gasteiger partial charge in [-0.25, -0.2) is 4.98 Å². The van der Waals surface area contributed by atoms with Gasteiger partial charge in [0.15, 0.2) is 0 Å². The van der Waals surface area contributed by atoms with Gasteiger partial charge in [0.25, 0.3) is 0 Å². The number of aryl methyl sites for hydroxylation is 1. The van der Waals surface area contributed by atoms with Gasteiger partial charge in [0, 0.05) is 4.88 Å². The first kappa shape index (κ1) is 13.3. The molecule has 1 N–H and O–H groups in total. The zero-order valence-corrected chi connectivity index (χ0v) is 12.2. The summed E-state index contributed by atoms with van der Waals surface area (Å²) in [5.41, 5.74) is 0. The molecule has 104 valence electrons. The molecule has 1 fully saturated rings. The first-order valence-electron chi connectivity index (χ1n) is 6.10. The van der Waals surface area contributed by atoms with E-state index in [0.717, 1.165) is 21.5 Å². The number of hydrogen-bond acceptors (Lipinski definition) is 6. The number of hydrogen-bond donors (Lipinski definition) is 1. The molecular formula is C12H11ClN4O2S. The minimum Gasteiger partial charge on any atom is -0.337 e. The normalized spacial score (nSPS) is 15.8. The third-order valence-electron chi connectivity index (χ3n) is 2.99. The number of rotatable bonds is 2. The largest absolute Gasteiger partial charge is 0.337 e. The molecule has 0 saturated carbocycles. The van der Waals surface area contributed by atoms with Crippen LogP contribution in [0.2, 0.25) is 5.28 Å². The van der Waals surface area contributed by atoms with Crippen LogP contribution < -0.4 is 10.2 Å². The van der Waals surface area contributed by atoms with Gasteiger partial charge in [-0.1, -0.05) is 6.92 Å². The number of anilines is 1. The van der Waals surface area contributed by atoms with E-state index in [1.165, 1.54) is 0 Å². The van der Waals surface area contributed by atoms with Crippen LogP contribution in [-0.4, -0.2) is 34.9 Å². The molecule has 2 amide bonds. The van der Waals surface area contributed by atoms with Crippen molar-refractivity contribution in [3.8, 4) is 0 Å². The van der Waals surface area contributed by atoms with Crippen molar-refractivity contribution in [3.05, 3.63) is 16.2 Å². The second-order valence-electron chi connectivity index (χ2n) is 4.43. The van der Waals surface area contributed by atoms with E-state index in [0.29, 0.717) is 5.82 Å². The molecule has 0 atom stereocenters. The lowest BCUT2D eigenvalue weighted by Gasteiger charge is -2.26. The molecule has 0 spiro atoms. The number of nitrogens with zero attached hydrogens (tertiary/aromatic N) is 3. The number of fused-ring (bicyclic) bond motifs is 1. The Hall–Kier alpha value is -1.73. The first-order valence-corrected chi connectivity index (χ1v) is 7.30. The topological polar surface area (TPSA) is 75.2 Å². The number of carbonyl (C=O) groups is 2. The Balaban J connectivity index is 2.11. The van der Waals surface area contributed by atoms with Crippen LogP contribution in [0.3, 0.4) is 0 Å². The van der Waals surface area contributed by atoms with Gasteiger partial charge in [-0.05, 0) is 24.1 Å². The van der Waals surface area contributed by atoms with Crippen molar-refractivity contribution in [1.29, 1.82) is 0 Å². The third-order valence-corrected chi connectivity index (χ3v) is 4.33. The molecule has 3 rings (SSSR count). The minimum atomic E-state index is -0.338. The number of aromatic nitrogens is 2. The minimum absolute atomic E-state index is 0.0888. The number of nitrogens with one attached hydrogen (secondary N) is 1. The van der Waals surface area contributed by atoms with E-state index >= 15 is 0 Å². The Morgan fingerprint density at radius 3 is 2.70 bits per heavy atom. The number of piperazine rings is 1. The number of amides is 2. The molecule has 0 unspecified atom stereocenters. The van der Waals surface area contributed by atoms with Crippen LogP contribution in [0, 0.1) is 0 Å². The molecule has 0 aliphatic carbocycles. The Morgan fingerprint density at radius 1 is 1.35 bits per heavy atom. The van der Waals surface area contributed by atoms with Crippen molar-refractivity contribution in [3.63, 3.8) is 0 Å². The Kier molecular flexibility index (Phi) is 3.31. The lowest BCUT2D eigenvalue weighted by Crippen LogP contribution is -2.51. The summed E-state index contributed by atoms with van der Waals surface area (Å²) in [6.45, 7) is 2.23. The molecule has 0 radical (unpaired) electrons. The number of imide groups is 1. The van der Waals surface area contributed by atoms with Crippen molar-refractivity contribution in [2.24, 2.45) is 0 Å². The summed E-state index contributed by atoms with van der Waals surface area (Å²) >= 11 is 7.48. The highest BCUT2D eigenvalue weighted by molar-refractivity contribution is 7.18. The average molecular weight is 311 g/mol. The summed E-state index contributed by atoms with van der Waals surface area (Å²) in [7, 11) is 0. The second-order valence-corrected chi connectivity index (χ2v) is 5.88. The van der Waals surface area contributed by atoms with Crippen molar-refractivity contribution in [1.82, 2.24) is 15.3 Å². The molecule has 8 heteroatoms. The van der Waals surface area contributed by atoms with Crippen molar-refractivity contribution >= 4 is 50.8 Å². The van der Waals surface area contributed by atoms with Crippen LogP contribution in [-0.2, 0) is 16.0 Å². The van der Waals surface area contributed by atoms with Gasteiger partial charge in [-0.2, -0.15) is 4.98 Å². The average Bonchev–Trinajstić information content (AvgIpc) is 2.79. The van der Waals surface area contributed by atoms with Crippen molar-refractivity contribution in [2.75, 3.05) is 18.0 Å². The highest BCUT2D eigenvalue weighted by atomic mass is 35.5. The maximum absolute atomic E-state index is 11.5. The highest BCUT2D eigenvalue weighted by Gasteiger charge is 2.26. The van der Waals surface area contributed by atoms with Crippen LogP contribution >= 0.6 is 22.9 Å². The van der Waals surface area contributed by atoms with Gasteiger partial charge in [-0.3, -0.25) is 14.9 Å². The summed E-state index contributed by atoms with van der Waals surface area (Å²) in [6, 6.07) is 1.99. The standard InChI is InChI=1S/C12H11ClN4O2S/c1-2-6-3-7-10(15-12(13)16-11(7)20-6)17-4-8(18)14-9(19)5-17/h3H,2,4-5H2,1H3,(H,14,18,19). The van der Waals surface area contributed by atoms with Crippen LogP contribution in [0.25, 0.3) is 10.2 Å². The maximum Gasteiger partial charge on any atom is 0.246 e. The molecule has 2 aromatic heterocycles. The van der Waals surface area contributed by atoms with Crippen LogP contribution in [0.5, 0.6) is 0 Å². The summed E-state index contributed by atoms with van der Waals surface area (Å²) in [4.78, 5) is 34.9. The Morgan fingerprint density at radius 2 is 2.05 bits per heavy atom. The monoisotopic (exact) mass is 310 g/mol. The van der Waals surface area contributed by atoms with Crippen LogP contribution in [0.1, 0.15) is 11.8 Å². The van der Waals surface area contributed by atoms with Gasteiger partial charge in [0.2, 0.25) is 17.1 Å². The summed E-state index contributed by atoms with van der Waals surface area (Å²) < 4.78 is 0. The van der Waals surface area contributed by atoms with E-state index in [1.807, 2.05) is 6.07 Å². The lowest BCUT2D eigenvalue weighted by atomic mass is 10.2. The lowest BCUT2D eigenvalue weighted by molar-refractivity contribution is -0.130. The summed E-state index contributed by atoms with van der Waals surface area (Å²) in [5, 5.41) is 3.22. The van der Waals surface area contributed by atoms with E-state index < -0.39 is 0 Å². The van der Waals surface area contributed by atoms with Gasteiger partial charge >= 0.3 is 0 Å². The molecule has 1 aliphatic rings. The van der Waals surface area contributed by atoms with E-state index in [2.05, 4.69) is 22.2 Å². The fourth-order valence-corrected chi connectivity index (χ4v) is 3.31. The molecule has 0 bridgehead atoms. The summed E-state index contributed by atoms with van der Waals surface area (Å²) in [5.74, 6) is -0.135. The molecule has 1 saturated heterocycles. The van der Waals surface area contributed by atoms with E-state index in [4.69, 9.17) is 11.6 Å². The van der Waals surface area contributed by atoms with Gasteiger partial charge < -0.3 is 4.90 Å². The fraction of sp³-hybridized carbons (Fsp3) is 0.333. The number of halogens is 1. The Labute approximate surface area is 123 Å². The van der Waals surface area contributed by atoms with Crippen molar-refractivity contribution in [2.45, 2.75) is 13.3 Å². The molecule has 2 aromatic rings. The zero-order valence-electron chi connectivity index (χ0n) is 10.6. The quantitative estimate of drug-likeness (QED) is 0.670. The second kappa shape index (κ2) is 4.99. The molecule has 1 aliphatic heterocycles. The molecule has 20 heavy (non-hydrogen) atoms. The SMILES string of the molecule is CCc1cc2c(N3CC(=O)NC(=O)C3)nc(Cl)nc2s1. The molecule has 3 heterocycles. The van der Waals surface area contributed by atoms with Gasteiger partial charge in [0.1, 0.15) is 10.6 Å².